The summed E-state index contributed by atoms with van der Waals surface area (Å²) in [5, 5.41) is 23.3. The van der Waals surface area contributed by atoms with Gasteiger partial charge in [0.15, 0.2) is 0 Å². The van der Waals surface area contributed by atoms with E-state index in [2.05, 4.69) is 55.6 Å². The number of hydrogen-bond acceptors (Lipinski definition) is 5. The molecule has 0 fully saturated rings. The number of amides is 1. The van der Waals surface area contributed by atoms with Crippen LogP contribution in [0.1, 0.15) is 399 Å². The van der Waals surface area contributed by atoms with E-state index in [0.29, 0.717) is 25.9 Å². The van der Waals surface area contributed by atoms with Gasteiger partial charge in [-0.3, -0.25) is 9.59 Å². The SMILES string of the molecule is CCCCCCCC/C=C\CCCCCCCCCCCC(=O)OCCCCCCCCCCC/C=C\C/C=C\CCCCCCCCCCCCCCCC(=O)NC(CO)C(O)CCCCCCCCCCCCCCCCC. The highest BCUT2D eigenvalue weighted by atomic mass is 16.5. The third kappa shape index (κ3) is 65.2. The maximum absolute atomic E-state index is 12.5. The zero-order chi connectivity index (χ0) is 57.8. The van der Waals surface area contributed by atoms with Gasteiger partial charge >= 0.3 is 5.97 Å². The normalized spacial score (nSPS) is 12.7. The zero-order valence-corrected chi connectivity index (χ0v) is 54.1. The van der Waals surface area contributed by atoms with Crippen molar-refractivity contribution in [1.82, 2.24) is 5.32 Å². The number of unbranched alkanes of at least 4 members (excludes halogenated alkanes) is 51. The summed E-state index contributed by atoms with van der Waals surface area (Å²) in [6.45, 7) is 4.98. The Morgan fingerprint density at radius 2 is 0.625 bits per heavy atom. The number of allylic oxidation sites excluding steroid dienone is 6. The maximum atomic E-state index is 12.5. The molecule has 0 rings (SSSR count). The third-order valence-electron chi connectivity index (χ3n) is 16.9. The average Bonchev–Trinajstić information content (AvgIpc) is 3.46. The second-order valence-electron chi connectivity index (χ2n) is 24.9. The molecule has 472 valence electrons. The van der Waals surface area contributed by atoms with Crippen LogP contribution in [0.25, 0.3) is 0 Å². The molecule has 0 spiro atoms. The molecule has 0 aromatic heterocycles. The smallest absolute Gasteiger partial charge is 0.305 e. The minimum atomic E-state index is -0.665. The van der Waals surface area contributed by atoms with Crippen molar-refractivity contribution in [3.05, 3.63) is 36.5 Å². The number of carbonyl (C=O) groups is 2. The van der Waals surface area contributed by atoms with Gasteiger partial charge in [0.1, 0.15) is 0 Å². The zero-order valence-electron chi connectivity index (χ0n) is 54.1. The highest BCUT2D eigenvalue weighted by Gasteiger charge is 2.20. The number of esters is 1. The summed E-state index contributed by atoms with van der Waals surface area (Å²) in [5.41, 5.74) is 0. The van der Waals surface area contributed by atoms with Gasteiger partial charge in [-0.05, 0) is 83.5 Å². The number of hydrogen-bond donors (Lipinski definition) is 3. The third-order valence-corrected chi connectivity index (χ3v) is 16.9. The Kier molecular flexibility index (Phi) is 67.9. The molecule has 1 amide bonds. The van der Waals surface area contributed by atoms with Gasteiger partial charge in [0.05, 0.1) is 25.4 Å². The highest BCUT2D eigenvalue weighted by molar-refractivity contribution is 5.76. The van der Waals surface area contributed by atoms with Crippen LogP contribution in [0.4, 0.5) is 0 Å². The van der Waals surface area contributed by atoms with Crippen molar-refractivity contribution in [3.8, 4) is 0 Å². The van der Waals surface area contributed by atoms with Crippen molar-refractivity contribution in [2.45, 2.75) is 411 Å². The summed E-state index contributed by atoms with van der Waals surface area (Å²) >= 11 is 0. The van der Waals surface area contributed by atoms with E-state index in [4.69, 9.17) is 4.74 Å². The second-order valence-corrected chi connectivity index (χ2v) is 24.9. The van der Waals surface area contributed by atoms with Crippen LogP contribution in [-0.2, 0) is 14.3 Å². The number of nitrogens with one attached hydrogen (secondary N) is 1. The number of aliphatic hydroxyl groups is 2. The van der Waals surface area contributed by atoms with Crippen molar-refractivity contribution in [1.29, 1.82) is 0 Å². The average molecular weight is 1120 g/mol. The lowest BCUT2D eigenvalue weighted by molar-refractivity contribution is -0.143. The Balaban J connectivity index is 3.38. The van der Waals surface area contributed by atoms with Crippen LogP contribution in [0.3, 0.4) is 0 Å². The molecule has 3 N–H and O–H groups in total. The highest BCUT2D eigenvalue weighted by Crippen LogP contribution is 2.19. The van der Waals surface area contributed by atoms with Gasteiger partial charge in [-0.1, -0.05) is 339 Å². The van der Waals surface area contributed by atoms with Crippen LogP contribution < -0.4 is 5.32 Å². The van der Waals surface area contributed by atoms with E-state index < -0.39 is 12.1 Å². The van der Waals surface area contributed by atoms with E-state index >= 15 is 0 Å². The van der Waals surface area contributed by atoms with Crippen molar-refractivity contribution >= 4 is 11.9 Å². The topological polar surface area (TPSA) is 95.9 Å². The van der Waals surface area contributed by atoms with Gasteiger partial charge in [-0.15, -0.1) is 0 Å². The molecule has 0 radical (unpaired) electrons. The molecule has 0 aliphatic heterocycles. The fraction of sp³-hybridized carbons (Fsp3) is 0.892. The molecule has 6 heteroatoms. The number of ether oxygens (including phenoxy) is 1. The molecule has 0 heterocycles. The summed E-state index contributed by atoms with van der Waals surface area (Å²) in [7, 11) is 0. The van der Waals surface area contributed by atoms with Gasteiger partial charge in [0, 0.05) is 12.8 Å². The van der Waals surface area contributed by atoms with E-state index in [1.54, 1.807) is 0 Å². The molecule has 2 atom stereocenters. The maximum Gasteiger partial charge on any atom is 0.305 e. The standard InChI is InChI=1S/C74H141NO5/c1-3-5-7-9-11-13-15-17-19-20-32-36-40-44-48-52-56-60-64-68-74(79)80-69-65-61-57-53-49-45-41-37-34-31-29-27-25-23-21-22-24-26-28-30-33-35-39-43-47-51-55-59-63-67-73(78)75-71(70-76)72(77)66-62-58-54-50-46-42-38-18-16-14-12-10-8-6-4-2/h17,19,21,23,27,29,71-72,76-77H,3-16,18,20,22,24-26,28,30-70H2,1-2H3,(H,75,78)/b19-17-,23-21-,29-27-. The van der Waals surface area contributed by atoms with Crippen LogP contribution in [-0.4, -0.2) is 47.4 Å². The Morgan fingerprint density at radius 3 is 0.963 bits per heavy atom. The lowest BCUT2D eigenvalue weighted by Crippen LogP contribution is -2.45. The van der Waals surface area contributed by atoms with Gasteiger partial charge in [-0.2, -0.15) is 0 Å². The van der Waals surface area contributed by atoms with Crippen molar-refractivity contribution in [2.24, 2.45) is 0 Å². The predicted octanol–water partition coefficient (Wildman–Crippen LogP) is 23.5. The Morgan fingerprint density at radius 1 is 0.350 bits per heavy atom. The van der Waals surface area contributed by atoms with Crippen LogP contribution in [0.5, 0.6) is 0 Å². The lowest BCUT2D eigenvalue weighted by Gasteiger charge is -2.22. The van der Waals surface area contributed by atoms with Crippen molar-refractivity contribution < 1.29 is 24.5 Å². The molecule has 0 bridgehead atoms. The molecule has 0 aliphatic carbocycles. The molecule has 6 nitrogen and oxygen atoms in total. The van der Waals surface area contributed by atoms with Crippen molar-refractivity contribution in [2.75, 3.05) is 13.2 Å². The second kappa shape index (κ2) is 69.6. The minimum absolute atomic E-state index is 0.0121. The van der Waals surface area contributed by atoms with Crippen LogP contribution >= 0.6 is 0 Å². The molecule has 0 aliphatic rings. The monoisotopic (exact) mass is 1120 g/mol. The predicted molar refractivity (Wildman–Crippen MR) is 352 cm³/mol. The van der Waals surface area contributed by atoms with Gasteiger partial charge in [-0.25, -0.2) is 0 Å². The first-order chi connectivity index (χ1) is 39.5. The molecule has 80 heavy (non-hydrogen) atoms. The van der Waals surface area contributed by atoms with Gasteiger partial charge < -0.3 is 20.3 Å². The van der Waals surface area contributed by atoms with Crippen LogP contribution in [0.15, 0.2) is 36.5 Å². The number of aliphatic hydroxyl groups excluding tert-OH is 2. The molecular weight excluding hydrogens is 983 g/mol. The molecule has 0 aromatic rings. The van der Waals surface area contributed by atoms with E-state index in [1.807, 2.05) is 0 Å². The summed E-state index contributed by atoms with van der Waals surface area (Å²) in [6, 6.07) is -0.542. The number of carbonyl (C=O) groups excluding carboxylic acids is 2. The Bertz CT molecular complexity index is 1300. The summed E-state index contributed by atoms with van der Waals surface area (Å²) in [5.74, 6) is -0.0214. The van der Waals surface area contributed by atoms with E-state index in [1.165, 1.54) is 315 Å². The fourth-order valence-electron chi connectivity index (χ4n) is 11.4. The minimum Gasteiger partial charge on any atom is -0.466 e. The fourth-order valence-corrected chi connectivity index (χ4v) is 11.4. The summed E-state index contributed by atoms with van der Waals surface area (Å²) < 4.78 is 5.51. The van der Waals surface area contributed by atoms with Gasteiger partial charge in [0.25, 0.3) is 0 Å². The Labute approximate surface area is 500 Å². The number of rotatable bonds is 68. The Hall–Kier alpha value is -1.92. The van der Waals surface area contributed by atoms with Crippen LogP contribution in [0, 0.1) is 0 Å². The first kappa shape index (κ1) is 78.1. The van der Waals surface area contributed by atoms with E-state index in [9.17, 15) is 19.8 Å². The molecule has 0 saturated heterocycles. The molecule has 2 unspecified atom stereocenters. The van der Waals surface area contributed by atoms with Crippen molar-refractivity contribution in [3.63, 3.8) is 0 Å². The van der Waals surface area contributed by atoms with E-state index in [-0.39, 0.29) is 18.5 Å². The van der Waals surface area contributed by atoms with Gasteiger partial charge in [0.2, 0.25) is 5.91 Å². The largest absolute Gasteiger partial charge is 0.466 e. The quantitative estimate of drug-likeness (QED) is 0.0320. The summed E-state index contributed by atoms with van der Waals surface area (Å²) in [4.78, 5) is 24.6. The van der Waals surface area contributed by atoms with Crippen LogP contribution in [0.2, 0.25) is 0 Å². The lowest BCUT2D eigenvalue weighted by atomic mass is 10.0. The molecule has 0 saturated carbocycles. The molecular formula is C74H141NO5. The molecule has 0 aromatic carbocycles. The summed E-state index contributed by atoms with van der Waals surface area (Å²) in [6.07, 6.45) is 89.1. The van der Waals surface area contributed by atoms with E-state index in [0.717, 1.165) is 51.4 Å². The first-order valence-corrected chi connectivity index (χ1v) is 36.2. The first-order valence-electron chi connectivity index (χ1n) is 36.2.